The molecule has 0 radical (unpaired) electrons. The van der Waals surface area contributed by atoms with Gasteiger partial charge in [0.1, 0.15) is 0 Å². The summed E-state index contributed by atoms with van der Waals surface area (Å²) in [4.78, 5) is 7.10. The lowest BCUT2D eigenvalue weighted by atomic mass is 10.1. The normalized spacial score (nSPS) is 16.9. The summed E-state index contributed by atoms with van der Waals surface area (Å²) in [6.07, 6.45) is 5.98. The zero-order valence-corrected chi connectivity index (χ0v) is 16.2. The van der Waals surface area contributed by atoms with Crippen LogP contribution in [0.2, 0.25) is 0 Å². The van der Waals surface area contributed by atoms with Gasteiger partial charge in [-0.05, 0) is 45.1 Å². The topological polar surface area (TPSA) is 36.9 Å². The summed E-state index contributed by atoms with van der Waals surface area (Å²) < 4.78 is 5.69. The van der Waals surface area contributed by atoms with Crippen LogP contribution in [0.1, 0.15) is 33.1 Å². The zero-order chi connectivity index (χ0) is 13.9. The maximum atomic E-state index is 5.69. The smallest absolute Gasteiger partial charge is 0.193 e. The van der Waals surface area contributed by atoms with Crippen LogP contribution in [0, 0.1) is 0 Å². The molecule has 1 N–H and O–H groups in total. The van der Waals surface area contributed by atoms with E-state index in [-0.39, 0.29) is 24.0 Å². The van der Waals surface area contributed by atoms with E-state index < -0.39 is 0 Å². The molecule has 6 heteroatoms. The number of hydrogen-bond acceptors (Lipinski definition) is 3. The molecule has 20 heavy (non-hydrogen) atoms. The third-order valence-corrected chi connectivity index (χ3v) is 3.94. The SMILES string of the molecule is CCNC(=NCCCSC)N1CCC(OCC)CC1.I. The Labute approximate surface area is 145 Å². The Bertz CT molecular complexity index is 259. The summed E-state index contributed by atoms with van der Waals surface area (Å²) in [7, 11) is 0. The van der Waals surface area contributed by atoms with E-state index in [0.29, 0.717) is 6.10 Å². The lowest BCUT2D eigenvalue weighted by molar-refractivity contribution is 0.0264. The van der Waals surface area contributed by atoms with Crippen molar-refractivity contribution in [3.63, 3.8) is 0 Å². The van der Waals surface area contributed by atoms with E-state index in [9.17, 15) is 0 Å². The number of ether oxygens (including phenoxy) is 1. The molecule has 0 amide bonds. The molecule has 0 bridgehead atoms. The van der Waals surface area contributed by atoms with E-state index in [0.717, 1.165) is 58.0 Å². The number of aliphatic imine (C=N–C) groups is 1. The van der Waals surface area contributed by atoms with E-state index in [1.165, 1.54) is 5.75 Å². The van der Waals surface area contributed by atoms with Crippen LogP contribution in [0.15, 0.2) is 4.99 Å². The Hall–Kier alpha value is 0.310. The number of nitrogens with zero attached hydrogens (tertiary/aromatic N) is 2. The van der Waals surface area contributed by atoms with Gasteiger partial charge in [-0.25, -0.2) is 0 Å². The molecule has 0 saturated carbocycles. The number of hydrogen-bond donors (Lipinski definition) is 1. The molecule has 120 valence electrons. The van der Waals surface area contributed by atoms with Gasteiger partial charge in [0.25, 0.3) is 0 Å². The molecule has 0 atom stereocenters. The molecule has 1 aliphatic rings. The molecule has 1 fully saturated rings. The Morgan fingerprint density at radius 2 is 2.05 bits per heavy atom. The summed E-state index contributed by atoms with van der Waals surface area (Å²) in [5, 5.41) is 3.40. The molecular weight excluding hydrogens is 385 g/mol. The van der Waals surface area contributed by atoms with Crippen LogP contribution in [0.5, 0.6) is 0 Å². The van der Waals surface area contributed by atoms with E-state index in [1.807, 2.05) is 11.8 Å². The summed E-state index contributed by atoms with van der Waals surface area (Å²) in [6.45, 7) is 9.00. The Kier molecular flexibility index (Phi) is 13.2. The number of thioether (sulfide) groups is 1. The summed E-state index contributed by atoms with van der Waals surface area (Å²) >= 11 is 1.89. The number of nitrogens with one attached hydrogen (secondary N) is 1. The number of halogens is 1. The van der Waals surface area contributed by atoms with Crippen molar-refractivity contribution in [3.05, 3.63) is 0 Å². The number of guanidine groups is 1. The van der Waals surface area contributed by atoms with Gasteiger partial charge in [0.15, 0.2) is 5.96 Å². The monoisotopic (exact) mass is 415 g/mol. The van der Waals surface area contributed by atoms with Crippen LogP contribution >= 0.6 is 35.7 Å². The average molecular weight is 415 g/mol. The first-order chi connectivity index (χ1) is 9.31. The lowest BCUT2D eigenvalue weighted by Crippen LogP contribution is -2.47. The quantitative estimate of drug-likeness (QED) is 0.300. The Balaban J connectivity index is 0.00000361. The van der Waals surface area contributed by atoms with Crippen molar-refractivity contribution in [1.82, 2.24) is 10.2 Å². The van der Waals surface area contributed by atoms with Crippen molar-refractivity contribution in [1.29, 1.82) is 0 Å². The summed E-state index contributed by atoms with van der Waals surface area (Å²) in [5.74, 6) is 2.27. The molecule has 0 spiro atoms. The predicted molar refractivity (Wildman–Crippen MR) is 101 cm³/mol. The van der Waals surface area contributed by atoms with Gasteiger partial charge in [-0.3, -0.25) is 4.99 Å². The van der Waals surface area contributed by atoms with Crippen LogP contribution in [-0.2, 0) is 4.74 Å². The van der Waals surface area contributed by atoms with Crippen molar-refractivity contribution in [2.24, 2.45) is 4.99 Å². The third kappa shape index (κ3) is 7.93. The van der Waals surface area contributed by atoms with Crippen molar-refractivity contribution in [2.45, 2.75) is 39.2 Å². The highest BCUT2D eigenvalue weighted by atomic mass is 127. The molecule has 1 heterocycles. The molecular formula is C14H30IN3OS. The molecule has 1 aliphatic heterocycles. The second-order valence-corrected chi connectivity index (χ2v) is 5.71. The van der Waals surface area contributed by atoms with Crippen molar-refractivity contribution in [3.8, 4) is 0 Å². The first kappa shape index (κ1) is 20.3. The second-order valence-electron chi connectivity index (χ2n) is 4.72. The van der Waals surface area contributed by atoms with Gasteiger partial charge < -0.3 is 15.0 Å². The molecule has 4 nitrogen and oxygen atoms in total. The minimum atomic E-state index is 0. The van der Waals surface area contributed by atoms with Crippen LogP contribution in [-0.4, -0.2) is 61.8 Å². The van der Waals surface area contributed by atoms with Gasteiger partial charge in [-0.15, -0.1) is 24.0 Å². The second kappa shape index (κ2) is 13.0. The molecule has 0 aliphatic carbocycles. The zero-order valence-electron chi connectivity index (χ0n) is 13.1. The van der Waals surface area contributed by atoms with Gasteiger partial charge in [0.2, 0.25) is 0 Å². The van der Waals surface area contributed by atoms with Crippen LogP contribution < -0.4 is 5.32 Å². The highest BCUT2D eigenvalue weighted by Crippen LogP contribution is 2.13. The maximum absolute atomic E-state index is 5.69. The Morgan fingerprint density at radius 1 is 1.35 bits per heavy atom. The fraction of sp³-hybridized carbons (Fsp3) is 0.929. The highest BCUT2D eigenvalue weighted by Gasteiger charge is 2.21. The van der Waals surface area contributed by atoms with E-state index in [4.69, 9.17) is 9.73 Å². The minimum absolute atomic E-state index is 0. The molecule has 0 aromatic carbocycles. The average Bonchev–Trinajstić information content (AvgIpc) is 2.44. The van der Waals surface area contributed by atoms with Gasteiger partial charge in [0.05, 0.1) is 6.10 Å². The van der Waals surface area contributed by atoms with Crippen LogP contribution in [0.25, 0.3) is 0 Å². The lowest BCUT2D eigenvalue weighted by Gasteiger charge is -2.34. The van der Waals surface area contributed by atoms with E-state index in [1.54, 1.807) is 0 Å². The van der Waals surface area contributed by atoms with Crippen molar-refractivity contribution in [2.75, 3.05) is 44.8 Å². The highest BCUT2D eigenvalue weighted by molar-refractivity contribution is 14.0. The molecule has 0 aromatic rings. The van der Waals surface area contributed by atoms with E-state index >= 15 is 0 Å². The van der Waals surface area contributed by atoms with Crippen LogP contribution in [0.3, 0.4) is 0 Å². The Morgan fingerprint density at radius 3 is 2.60 bits per heavy atom. The van der Waals surface area contributed by atoms with E-state index in [2.05, 4.69) is 30.3 Å². The number of rotatable bonds is 7. The number of likely N-dealkylation sites (tertiary alicyclic amines) is 1. The predicted octanol–water partition coefficient (Wildman–Crippen LogP) is 2.82. The molecule has 1 saturated heterocycles. The fourth-order valence-electron chi connectivity index (χ4n) is 2.29. The summed E-state index contributed by atoms with van der Waals surface area (Å²) in [5.41, 5.74) is 0. The van der Waals surface area contributed by atoms with Crippen molar-refractivity contribution < 1.29 is 4.74 Å². The maximum Gasteiger partial charge on any atom is 0.193 e. The third-order valence-electron chi connectivity index (χ3n) is 3.25. The summed E-state index contributed by atoms with van der Waals surface area (Å²) in [6, 6.07) is 0. The van der Waals surface area contributed by atoms with Crippen LogP contribution in [0.4, 0.5) is 0 Å². The standard InChI is InChI=1S/C14H29N3OS.HI/c1-4-15-14(16-9-6-12-19-3)17-10-7-13(8-11-17)18-5-2;/h13H,4-12H2,1-3H3,(H,15,16);1H. The first-order valence-electron chi connectivity index (χ1n) is 7.45. The first-order valence-corrected chi connectivity index (χ1v) is 8.85. The van der Waals surface area contributed by atoms with Gasteiger partial charge in [-0.1, -0.05) is 0 Å². The molecule has 1 rings (SSSR count). The number of piperidine rings is 1. The fourth-order valence-corrected chi connectivity index (χ4v) is 2.71. The van der Waals surface area contributed by atoms with Gasteiger partial charge in [0, 0.05) is 32.8 Å². The molecule has 0 unspecified atom stereocenters. The van der Waals surface area contributed by atoms with Gasteiger partial charge >= 0.3 is 0 Å². The minimum Gasteiger partial charge on any atom is -0.378 e. The van der Waals surface area contributed by atoms with Crippen molar-refractivity contribution >= 4 is 41.7 Å². The largest absolute Gasteiger partial charge is 0.378 e. The van der Waals surface area contributed by atoms with Gasteiger partial charge in [-0.2, -0.15) is 11.8 Å². The molecule has 0 aromatic heterocycles.